The predicted molar refractivity (Wildman–Crippen MR) is 70.4 cm³/mol. The minimum absolute atomic E-state index is 0.370. The summed E-state index contributed by atoms with van der Waals surface area (Å²) in [6.45, 7) is 1.84. The molecule has 98 valence electrons. The molecule has 0 bridgehead atoms. The minimum Gasteiger partial charge on any atom is -0.494 e. The standard InChI is InChI=1S/C13H13N3O3/c1-8-6-15-11(7-14-8)9-4-3-5-10(12(9)19-2)16-13(17)18/h3-7,16H,1-2H3,(H,17,18). The van der Waals surface area contributed by atoms with Gasteiger partial charge in [0.2, 0.25) is 0 Å². The maximum absolute atomic E-state index is 10.7. The van der Waals surface area contributed by atoms with E-state index in [0.717, 1.165) is 5.69 Å². The monoisotopic (exact) mass is 259 g/mol. The van der Waals surface area contributed by atoms with Crippen LogP contribution in [0.3, 0.4) is 0 Å². The highest BCUT2D eigenvalue weighted by Crippen LogP contribution is 2.35. The molecule has 0 aliphatic heterocycles. The number of benzene rings is 1. The fraction of sp³-hybridized carbons (Fsp3) is 0.154. The highest BCUT2D eigenvalue weighted by atomic mass is 16.5. The lowest BCUT2D eigenvalue weighted by atomic mass is 10.1. The molecule has 0 aliphatic rings. The van der Waals surface area contributed by atoms with Crippen molar-refractivity contribution in [3.05, 3.63) is 36.3 Å². The van der Waals surface area contributed by atoms with Crippen LogP contribution in [0.4, 0.5) is 10.5 Å². The third kappa shape index (κ3) is 2.79. The fourth-order valence-corrected chi connectivity index (χ4v) is 1.70. The number of hydrogen-bond donors (Lipinski definition) is 2. The van der Waals surface area contributed by atoms with E-state index in [-0.39, 0.29) is 0 Å². The van der Waals surface area contributed by atoms with Gasteiger partial charge in [-0.3, -0.25) is 15.3 Å². The largest absolute Gasteiger partial charge is 0.494 e. The smallest absolute Gasteiger partial charge is 0.409 e. The number of nitrogens with zero attached hydrogens (tertiary/aromatic N) is 2. The lowest BCUT2D eigenvalue weighted by Crippen LogP contribution is -2.08. The van der Waals surface area contributed by atoms with E-state index < -0.39 is 6.09 Å². The summed E-state index contributed by atoms with van der Waals surface area (Å²) < 4.78 is 5.27. The van der Waals surface area contributed by atoms with Gasteiger partial charge in [0.25, 0.3) is 0 Å². The van der Waals surface area contributed by atoms with Gasteiger partial charge in [0.05, 0.1) is 30.4 Å². The molecule has 2 N–H and O–H groups in total. The summed E-state index contributed by atoms with van der Waals surface area (Å²) in [5, 5.41) is 11.1. The van der Waals surface area contributed by atoms with Crippen LogP contribution in [0.2, 0.25) is 0 Å². The van der Waals surface area contributed by atoms with E-state index in [2.05, 4.69) is 15.3 Å². The quantitative estimate of drug-likeness (QED) is 0.884. The van der Waals surface area contributed by atoms with Crippen molar-refractivity contribution in [2.75, 3.05) is 12.4 Å². The van der Waals surface area contributed by atoms with Crippen molar-refractivity contribution in [3.8, 4) is 17.0 Å². The molecule has 19 heavy (non-hydrogen) atoms. The molecule has 1 amide bonds. The number of aryl methyl sites for hydroxylation is 1. The molecule has 1 aromatic heterocycles. The number of rotatable bonds is 3. The second-order valence-corrected chi connectivity index (χ2v) is 3.86. The van der Waals surface area contributed by atoms with Gasteiger partial charge in [-0.05, 0) is 19.1 Å². The van der Waals surface area contributed by atoms with Crippen LogP contribution >= 0.6 is 0 Å². The molecule has 0 fully saturated rings. The maximum atomic E-state index is 10.7. The van der Waals surface area contributed by atoms with E-state index in [1.807, 2.05) is 6.92 Å². The molecule has 6 heteroatoms. The summed E-state index contributed by atoms with van der Waals surface area (Å²) in [6, 6.07) is 5.15. The second-order valence-electron chi connectivity index (χ2n) is 3.86. The number of aromatic nitrogens is 2. The molecule has 0 atom stereocenters. The number of hydrogen-bond acceptors (Lipinski definition) is 4. The van der Waals surface area contributed by atoms with Crippen molar-refractivity contribution < 1.29 is 14.6 Å². The third-order valence-corrected chi connectivity index (χ3v) is 2.52. The van der Waals surface area contributed by atoms with Crippen molar-refractivity contribution in [2.45, 2.75) is 6.92 Å². The number of amides is 1. The van der Waals surface area contributed by atoms with Crippen molar-refractivity contribution in [2.24, 2.45) is 0 Å². The lowest BCUT2D eigenvalue weighted by Gasteiger charge is -2.12. The van der Waals surface area contributed by atoms with Gasteiger partial charge in [0.15, 0.2) is 5.75 Å². The van der Waals surface area contributed by atoms with Gasteiger partial charge in [-0.1, -0.05) is 6.07 Å². The van der Waals surface area contributed by atoms with E-state index in [0.29, 0.717) is 22.7 Å². The van der Waals surface area contributed by atoms with E-state index in [1.165, 1.54) is 7.11 Å². The summed E-state index contributed by atoms with van der Waals surface area (Å²) in [6.07, 6.45) is 2.12. The molecular weight excluding hydrogens is 246 g/mol. The molecule has 0 saturated carbocycles. The van der Waals surface area contributed by atoms with Crippen molar-refractivity contribution in [1.29, 1.82) is 0 Å². The Morgan fingerprint density at radius 3 is 2.68 bits per heavy atom. The first-order chi connectivity index (χ1) is 9.11. The number of ether oxygens (including phenoxy) is 1. The van der Waals surface area contributed by atoms with E-state index in [1.54, 1.807) is 30.6 Å². The van der Waals surface area contributed by atoms with E-state index in [4.69, 9.17) is 9.84 Å². The highest BCUT2D eigenvalue weighted by molar-refractivity contribution is 5.88. The van der Waals surface area contributed by atoms with Crippen LogP contribution in [0.5, 0.6) is 5.75 Å². The molecule has 6 nitrogen and oxygen atoms in total. The fourth-order valence-electron chi connectivity index (χ4n) is 1.70. The Morgan fingerprint density at radius 1 is 1.32 bits per heavy atom. The zero-order chi connectivity index (χ0) is 13.8. The molecular formula is C13H13N3O3. The Hall–Kier alpha value is -2.63. The van der Waals surface area contributed by atoms with Gasteiger partial charge in [-0.2, -0.15) is 0 Å². The number of carbonyl (C=O) groups is 1. The highest BCUT2D eigenvalue weighted by Gasteiger charge is 2.13. The third-order valence-electron chi connectivity index (χ3n) is 2.52. The molecule has 0 unspecified atom stereocenters. The van der Waals surface area contributed by atoms with Crippen LogP contribution in [0.1, 0.15) is 5.69 Å². The summed E-state index contributed by atoms with van der Waals surface area (Å²) in [7, 11) is 1.48. The second kappa shape index (κ2) is 5.34. The van der Waals surface area contributed by atoms with Crippen LogP contribution in [0, 0.1) is 6.92 Å². The lowest BCUT2D eigenvalue weighted by molar-refractivity contribution is 0.209. The summed E-state index contributed by atoms with van der Waals surface area (Å²) in [5.74, 6) is 0.419. The Bertz CT molecular complexity index is 597. The molecule has 0 aliphatic carbocycles. The maximum Gasteiger partial charge on any atom is 0.409 e. The average molecular weight is 259 g/mol. The Morgan fingerprint density at radius 2 is 2.11 bits per heavy atom. The molecule has 0 radical (unpaired) electrons. The van der Waals surface area contributed by atoms with Crippen LogP contribution < -0.4 is 10.1 Å². The van der Waals surface area contributed by atoms with Crippen LogP contribution in [0.25, 0.3) is 11.3 Å². The van der Waals surface area contributed by atoms with E-state index in [9.17, 15) is 4.79 Å². The first-order valence-corrected chi connectivity index (χ1v) is 5.58. The van der Waals surface area contributed by atoms with E-state index >= 15 is 0 Å². The summed E-state index contributed by atoms with van der Waals surface area (Å²) >= 11 is 0. The normalized spacial score (nSPS) is 10.0. The molecule has 0 saturated heterocycles. The predicted octanol–water partition coefficient (Wildman–Crippen LogP) is 2.55. The summed E-state index contributed by atoms with van der Waals surface area (Å²) in [4.78, 5) is 19.2. The first-order valence-electron chi connectivity index (χ1n) is 5.58. The van der Waals surface area contributed by atoms with Gasteiger partial charge in [0, 0.05) is 11.8 Å². The Kier molecular flexibility index (Phi) is 3.61. The first kappa shape index (κ1) is 12.8. The molecule has 2 aromatic rings. The van der Waals surface area contributed by atoms with Crippen molar-refractivity contribution in [3.63, 3.8) is 0 Å². The number of nitrogens with one attached hydrogen (secondary N) is 1. The Balaban J connectivity index is 2.50. The number of anilines is 1. The number of methoxy groups -OCH3 is 1. The van der Waals surface area contributed by atoms with Crippen molar-refractivity contribution in [1.82, 2.24) is 9.97 Å². The Labute approximate surface area is 110 Å². The molecule has 1 aromatic carbocycles. The van der Waals surface area contributed by atoms with Gasteiger partial charge in [-0.25, -0.2) is 4.79 Å². The van der Waals surface area contributed by atoms with Crippen molar-refractivity contribution >= 4 is 11.8 Å². The SMILES string of the molecule is COc1c(NC(=O)O)cccc1-c1cnc(C)cn1. The molecule has 1 heterocycles. The molecule has 2 rings (SSSR count). The zero-order valence-corrected chi connectivity index (χ0v) is 10.5. The van der Waals surface area contributed by atoms with Gasteiger partial charge >= 0.3 is 6.09 Å². The number of para-hydroxylation sites is 1. The van der Waals surface area contributed by atoms with Gasteiger partial charge in [-0.15, -0.1) is 0 Å². The van der Waals surface area contributed by atoms with Crippen LogP contribution in [-0.4, -0.2) is 28.3 Å². The van der Waals surface area contributed by atoms with Gasteiger partial charge in [0.1, 0.15) is 0 Å². The van der Waals surface area contributed by atoms with Gasteiger partial charge < -0.3 is 9.84 Å². The minimum atomic E-state index is -1.15. The van der Waals surface area contributed by atoms with Crippen LogP contribution in [0.15, 0.2) is 30.6 Å². The van der Waals surface area contributed by atoms with Crippen LogP contribution in [-0.2, 0) is 0 Å². The number of carboxylic acid groups (broad SMARTS) is 1. The average Bonchev–Trinajstić information content (AvgIpc) is 2.38. The summed E-state index contributed by atoms with van der Waals surface area (Å²) in [5.41, 5.74) is 2.48. The molecule has 0 spiro atoms. The topological polar surface area (TPSA) is 84.3 Å². The zero-order valence-electron chi connectivity index (χ0n) is 10.5.